The van der Waals surface area contributed by atoms with Gasteiger partial charge in [0.05, 0.1) is 12.2 Å². The van der Waals surface area contributed by atoms with Crippen LogP contribution in [0.15, 0.2) is 41.3 Å². The summed E-state index contributed by atoms with van der Waals surface area (Å²) in [6, 6.07) is 6.47. The Bertz CT molecular complexity index is 582. The highest BCUT2D eigenvalue weighted by atomic mass is 16.3. The Labute approximate surface area is 110 Å². The van der Waals surface area contributed by atoms with Crippen LogP contribution in [0.2, 0.25) is 0 Å². The van der Waals surface area contributed by atoms with Gasteiger partial charge in [-0.05, 0) is 24.3 Å². The zero-order valence-corrected chi connectivity index (χ0v) is 10.2. The molecule has 0 bridgehead atoms. The van der Waals surface area contributed by atoms with Gasteiger partial charge in [0.2, 0.25) is 5.91 Å². The number of nitrogens with two attached hydrogens (primary N) is 1. The van der Waals surface area contributed by atoms with Crippen LogP contribution in [0.4, 0.5) is 5.69 Å². The van der Waals surface area contributed by atoms with E-state index < -0.39 is 6.04 Å². The minimum absolute atomic E-state index is 0.210. The second-order valence-corrected chi connectivity index (χ2v) is 3.95. The quantitative estimate of drug-likeness (QED) is 0.814. The van der Waals surface area contributed by atoms with Gasteiger partial charge in [0.15, 0.2) is 12.2 Å². The Morgan fingerprint density at radius 1 is 1.47 bits per heavy atom. The molecule has 19 heavy (non-hydrogen) atoms. The van der Waals surface area contributed by atoms with Gasteiger partial charge in [-0.25, -0.2) is 4.98 Å². The largest absolute Gasteiger partial charge is 0.444 e. The molecular weight excluding hydrogens is 242 g/mol. The fourth-order valence-electron chi connectivity index (χ4n) is 1.53. The van der Waals surface area contributed by atoms with E-state index in [1.807, 2.05) is 12.1 Å². The number of benzene rings is 1. The molecule has 1 atom stereocenters. The number of oxazole rings is 1. The Morgan fingerprint density at radius 3 is 2.79 bits per heavy atom. The number of nitrogens with zero attached hydrogens (tertiary/aromatic N) is 1. The van der Waals surface area contributed by atoms with Crippen LogP contribution in [-0.2, 0) is 4.79 Å². The molecule has 2 aromatic rings. The molecule has 5 heteroatoms. The number of aromatic nitrogens is 1. The molecule has 2 rings (SSSR count). The fraction of sp³-hybridized carbons (Fsp3) is 0.143. The first-order chi connectivity index (χ1) is 9.20. The first-order valence-electron chi connectivity index (χ1n) is 5.69. The van der Waals surface area contributed by atoms with Gasteiger partial charge in [-0.3, -0.25) is 4.79 Å². The standard InChI is InChI=1S/C14H13N3O2/c1-2-3-12(15)14(18)17-11-6-4-10(5-7-11)13-8-16-9-19-13/h1,4-9,12H,3,15H2,(H,17,18). The minimum atomic E-state index is -0.695. The Morgan fingerprint density at radius 2 is 2.21 bits per heavy atom. The molecule has 3 N–H and O–H groups in total. The minimum Gasteiger partial charge on any atom is -0.444 e. The Kier molecular flexibility index (Phi) is 3.96. The van der Waals surface area contributed by atoms with E-state index in [0.29, 0.717) is 11.4 Å². The Balaban J connectivity index is 2.03. The first kappa shape index (κ1) is 12.9. The van der Waals surface area contributed by atoms with Crippen LogP contribution in [0, 0.1) is 12.3 Å². The van der Waals surface area contributed by atoms with Crippen LogP contribution in [0.5, 0.6) is 0 Å². The monoisotopic (exact) mass is 255 g/mol. The molecule has 5 nitrogen and oxygen atoms in total. The average molecular weight is 255 g/mol. The highest BCUT2D eigenvalue weighted by molar-refractivity contribution is 5.95. The number of hydrogen-bond donors (Lipinski definition) is 2. The van der Waals surface area contributed by atoms with Crippen molar-refractivity contribution in [3.8, 4) is 23.7 Å². The van der Waals surface area contributed by atoms with Crippen molar-refractivity contribution >= 4 is 11.6 Å². The van der Waals surface area contributed by atoms with E-state index in [0.717, 1.165) is 5.56 Å². The average Bonchev–Trinajstić information content (AvgIpc) is 2.94. The molecule has 0 aliphatic rings. The topological polar surface area (TPSA) is 81.2 Å². The molecule has 96 valence electrons. The molecule has 1 aromatic carbocycles. The van der Waals surface area contributed by atoms with Crippen molar-refractivity contribution < 1.29 is 9.21 Å². The van der Waals surface area contributed by atoms with E-state index in [1.54, 1.807) is 18.3 Å². The van der Waals surface area contributed by atoms with Gasteiger partial charge in [-0.15, -0.1) is 12.3 Å². The SMILES string of the molecule is C#CCC(N)C(=O)Nc1ccc(-c2cnco2)cc1. The summed E-state index contributed by atoms with van der Waals surface area (Å²) >= 11 is 0. The zero-order chi connectivity index (χ0) is 13.7. The van der Waals surface area contributed by atoms with Crippen LogP contribution >= 0.6 is 0 Å². The van der Waals surface area contributed by atoms with Crippen LogP contribution in [-0.4, -0.2) is 16.9 Å². The molecule has 0 saturated carbocycles. The lowest BCUT2D eigenvalue weighted by Gasteiger charge is -2.09. The third kappa shape index (κ3) is 3.21. The maximum Gasteiger partial charge on any atom is 0.242 e. The molecule has 0 fully saturated rings. The van der Waals surface area contributed by atoms with E-state index in [-0.39, 0.29) is 12.3 Å². The lowest BCUT2D eigenvalue weighted by molar-refractivity contribution is -0.117. The van der Waals surface area contributed by atoms with Gasteiger partial charge in [0.1, 0.15) is 0 Å². The molecule has 1 heterocycles. The zero-order valence-electron chi connectivity index (χ0n) is 10.2. The summed E-state index contributed by atoms with van der Waals surface area (Å²) in [7, 11) is 0. The van der Waals surface area contributed by atoms with Crippen molar-refractivity contribution in [1.82, 2.24) is 4.98 Å². The highest BCUT2D eigenvalue weighted by Gasteiger charge is 2.12. The molecule has 0 radical (unpaired) electrons. The van der Waals surface area contributed by atoms with Crippen molar-refractivity contribution in [1.29, 1.82) is 0 Å². The van der Waals surface area contributed by atoms with Crippen LogP contribution < -0.4 is 11.1 Å². The summed E-state index contributed by atoms with van der Waals surface area (Å²) in [4.78, 5) is 15.5. The Hall–Kier alpha value is -2.58. The number of anilines is 1. The van der Waals surface area contributed by atoms with Crippen LogP contribution in [0.3, 0.4) is 0 Å². The molecule has 1 aromatic heterocycles. The number of hydrogen-bond acceptors (Lipinski definition) is 4. The second kappa shape index (κ2) is 5.85. The summed E-state index contributed by atoms with van der Waals surface area (Å²) in [6.45, 7) is 0. The van der Waals surface area contributed by atoms with Crippen molar-refractivity contribution in [2.45, 2.75) is 12.5 Å². The third-order valence-electron chi connectivity index (χ3n) is 2.54. The van der Waals surface area contributed by atoms with Crippen molar-refractivity contribution in [2.75, 3.05) is 5.32 Å². The lowest BCUT2D eigenvalue weighted by Crippen LogP contribution is -2.35. The molecule has 1 unspecified atom stereocenters. The van der Waals surface area contributed by atoms with Crippen molar-refractivity contribution in [2.24, 2.45) is 5.73 Å². The number of amides is 1. The first-order valence-corrected chi connectivity index (χ1v) is 5.69. The predicted molar refractivity (Wildman–Crippen MR) is 72.0 cm³/mol. The van der Waals surface area contributed by atoms with Crippen molar-refractivity contribution in [3.63, 3.8) is 0 Å². The number of terminal acetylenes is 1. The van der Waals surface area contributed by atoms with Crippen LogP contribution in [0.25, 0.3) is 11.3 Å². The number of carbonyl (C=O) groups excluding carboxylic acids is 1. The van der Waals surface area contributed by atoms with Gasteiger partial charge in [0, 0.05) is 17.7 Å². The smallest absolute Gasteiger partial charge is 0.242 e. The van der Waals surface area contributed by atoms with Gasteiger partial charge >= 0.3 is 0 Å². The van der Waals surface area contributed by atoms with E-state index in [4.69, 9.17) is 16.6 Å². The number of rotatable bonds is 4. The van der Waals surface area contributed by atoms with Gasteiger partial charge in [0.25, 0.3) is 0 Å². The second-order valence-electron chi connectivity index (χ2n) is 3.95. The maximum absolute atomic E-state index is 11.7. The summed E-state index contributed by atoms with van der Waals surface area (Å²) < 4.78 is 5.17. The summed E-state index contributed by atoms with van der Waals surface area (Å²) in [5.74, 6) is 2.72. The van der Waals surface area contributed by atoms with Gasteiger partial charge in [-0.1, -0.05) is 0 Å². The molecular formula is C14H13N3O2. The highest BCUT2D eigenvalue weighted by Crippen LogP contribution is 2.20. The summed E-state index contributed by atoms with van der Waals surface area (Å²) in [5.41, 5.74) is 7.14. The number of nitrogens with one attached hydrogen (secondary N) is 1. The summed E-state index contributed by atoms with van der Waals surface area (Å²) in [5, 5.41) is 2.69. The molecule has 0 spiro atoms. The summed E-state index contributed by atoms with van der Waals surface area (Å²) in [6.07, 6.45) is 8.31. The molecule has 1 amide bonds. The van der Waals surface area contributed by atoms with Gasteiger partial charge < -0.3 is 15.5 Å². The van der Waals surface area contributed by atoms with Crippen molar-refractivity contribution in [3.05, 3.63) is 36.9 Å². The third-order valence-corrected chi connectivity index (χ3v) is 2.54. The predicted octanol–water partition coefficient (Wildman–Crippen LogP) is 1.63. The number of carbonyl (C=O) groups is 1. The van der Waals surface area contributed by atoms with E-state index in [1.165, 1.54) is 6.39 Å². The van der Waals surface area contributed by atoms with E-state index in [9.17, 15) is 4.79 Å². The molecule has 0 saturated heterocycles. The van der Waals surface area contributed by atoms with E-state index in [2.05, 4.69) is 16.2 Å². The van der Waals surface area contributed by atoms with Crippen LogP contribution in [0.1, 0.15) is 6.42 Å². The maximum atomic E-state index is 11.7. The lowest BCUT2D eigenvalue weighted by atomic mass is 10.1. The van der Waals surface area contributed by atoms with Gasteiger partial charge in [-0.2, -0.15) is 0 Å². The fourth-order valence-corrected chi connectivity index (χ4v) is 1.53. The molecule has 0 aliphatic carbocycles. The molecule has 0 aliphatic heterocycles. The normalized spacial score (nSPS) is 11.6. The van der Waals surface area contributed by atoms with E-state index >= 15 is 0 Å².